The molecule has 0 aliphatic carbocycles. The molecular weight excluding hydrogens is 405 g/mol. The number of nitrogens with zero attached hydrogens (tertiary/aromatic N) is 4. The van der Waals surface area contributed by atoms with Gasteiger partial charge in [0.25, 0.3) is 0 Å². The number of hydrogen-bond acceptors (Lipinski definition) is 5. The highest BCUT2D eigenvalue weighted by Crippen LogP contribution is 2.39. The zero-order valence-electron chi connectivity index (χ0n) is 15.8. The Balaban J connectivity index is 1.75. The van der Waals surface area contributed by atoms with Crippen LogP contribution in [0.15, 0.2) is 30.5 Å². The molecule has 0 fully saturated rings. The first kappa shape index (κ1) is 19.8. The van der Waals surface area contributed by atoms with E-state index in [0.29, 0.717) is 41.7 Å². The molecule has 1 aliphatic rings. The maximum Gasteiger partial charge on any atom is 0.421 e. The first-order valence-corrected chi connectivity index (χ1v) is 9.40. The van der Waals surface area contributed by atoms with Gasteiger partial charge in [0.05, 0.1) is 5.52 Å². The molecule has 29 heavy (non-hydrogen) atoms. The summed E-state index contributed by atoms with van der Waals surface area (Å²) in [6, 6.07) is 6.73. The number of anilines is 1. The van der Waals surface area contributed by atoms with Crippen molar-refractivity contribution in [2.24, 2.45) is 0 Å². The summed E-state index contributed by atoms with van der Waals surface area (Å²) in [6.07, 6.45) is -3.14. The molecule has 9 heteroatoms. The Kier molecular flexibility index (Phi) is 4.66. The zero-order valence-corrected chi connectivity index (χ0v) is 16.5. The standard InChI is InChI=1S/C20H18ClF3N4O/c1-11-26-17-4-3-14(21)8-15(17)18(27-11)28-6-5-16-12(10-28)7-13(9-25-16)19(2,29)20(22,23)24/h3-4,7-9,29H,5-6,10H2,1-2H3. The van der Waals surface area contributed by atoms with E-state index in [-0.39, 0.29) is 5.56 Å². The maximum absolute atomic E-state index is 13.2. The van der Waals surface area contributed by atoms with E-state index in [1.54, 1.807) is 19.1 Å². The first-order chi connectivity index (χ1) is 13.6. The molecule has 3 aromatic rings. The molecule has 1 unspecified atom stereocenters. The minimum Gasteiger partial charge on any atom is -0.376 e. The largest absolute Gasteiger partial charge is 0.421 e. The first-order valence-electron chi connectivity index (χ1n) is 9.02. The van der Waals surface area contributed by atoms with E-state index in [1.165, 1.54) is 6.07 Å². The molecule has 0 saturated heterocycles. The number of rotatable bonds is 2. The van der Waals surface area contributed by atoms with Crippen LogP contribution in [0.4, 0.5) is 19.0 Å². The Morgan fingerprint density at radius 2 is 1.93 bits per heavy atom. The molecule has 3 heterocycles. The van der Waals surface area contributed by atoms with Gasteiger partial charge in [-0.1, -0.05) is 11.6 Å². The Labute approximate surface area is 170 Å². The summed E-state index contributed by atoms with van der Waals surface area (Å²) in [4.78, 5) is 15.1. The van der Waals surface area contributed by atoms with Gasteiger partial charge in [-0.25, -0.2) is 9.97 Å². The van der Waals surface area contributed by atoms with Crippen molar-refractivity contribution in [2.75, 3.05) is 11.4 Å². The lowest BCUT2D eigenvalue weighted by atomic mass is 9.93. The fourth-order valence-corrected chi connectivity index (χ4v) is 3.65. The minimum absolute atomic E-state index is 0.280. The third-order valence-electron chi connectivity index (χ3n) is 5.20. The lowest BCUT2D eigenvalue weighted by Gasteiger charge is -2.32. The van der Waals surface area contributed by atoms with Crippen LogP contribution in [0.3, 0.4) is 0 Å². The van der Waals surface area contributed by atoms with Crippen LogP contribution < -0.4 is 4.90 Å². The van der Waals surface area contributed by atoms with Crippen molar-refractivity contribution in [1.82, 2.24) is 15.0 Å². The fourth-order valence-electron chi connectivity index (χ4n) is 3.48. The van der Waals surface area contributed by atoms with Gasteiger partial charge in [0, 0.05) is 47.4 Å². The van der Waals surface area contributed by atoms with Crippen LogP contribution in [-0.4, -0.2) is 32.8 Å². The molecule has 1 N–H and O–H groups in total. The van der Waals surface area contributed by atoms with Crippen LogP contribution >= 0.6 is 11.6 Å². The van der Waals surface area contributed by atoms with Crippen LogP contribution in [0.1, 0.15) is 29.6 Å². The van der Waals surface area contributed by atoms with Gasteiger partial charge in [0.15, 0.2) is 5.60 Å². The second-order valence-electron chi connectivity index (χ2n) is 7.33. The summed E-state index contributed by atoms with van der Waals surface area (Å²) < 4.78 is 39.7. The van der Waals surface area contributed by atoms with Crippen molar-refractivity contribution in [2.45, 2.75) is 38.6 Å². The molecule has 0 radical (unpaired) electrons. The Morgan fingerprint density at radius 1 is 1.17 bits per heavy atom. The van der Waals surface area contributed by atoms with Crippen LogP contribution in [0, 0.1) is 6.92 Å². The second-order valence-corrected chi connectivity index (χ2v) is 7.76. The van der Waals surface area contributed by atoms with Gasteiger partial charge in [0.1, 0.15) is 11.6 Å². The molecule has 1 atom stereocenters. The predicted octanol–water partition coefficient (Wildman–Crippen LogP) is 4.32. The molecule has 4 rings (SSSR count). The molecule has 0 amide bonds. The number of aromatic nitrogens is 3. The average molecular weight is 423 g/mol. The van der Waals surface area contributed by atoms with E-state index in [2.05, 4.69) is 15.0 Å². The molecule has 1 aliphatic heterocycles. The Bertz CT molecular complexity index is 1100. The topological polar surface area (TPSA) is 62.1 Å². The monoisotopic (exact) mass is 422 g/mol. The van der Waals surface area contributed by atoms with Gasteiger partial charge in [-0.05, 0) is 43.7 Å². The molecular formula is C20H18ClF3N4O. The molecule has 0 saturated carbocycles. The van der Waals surface area contributed by atoms with Gasteiger partial charge in [-0.15, -0.1) is 0 Å². The van der Waals surface area contributed by atoms with Crippen molar-refractivity contribution in [3.8, 4) is 0 Å². The van der Waals surface area contributed by atoms with E-state index in [4.69, 9.17) is 11.6 Å². The van der Waals surface area contributed by atoms with Crippen molar-refractivity contribution in [3.05, 3.63) is 58.1 Å². The number of pyridine rings is 1. The molecule has 2 aromatic heterocycles. The second kappa shape index (κ2) is 6.81. The summed E-state index contributed by atoms with van der Waals surface area (Å²) in [5, 5.41) is 11.3. The Hall–Kier alpha value is -2.45. The van der Waals surface area contributed by atoms with Gasteiger partial charge in [-0.2, -0.15) is 13.2 Å². The summed E-state index contributed by atoms with van der Waals surface area (Å²) in [5.74, 6) is 1.26. The summed E-state index contributed by atoms with van der Waals surface area (Å²) in [5.41, 5.74) is -1.16. The smallest absolute Gasteiger partial charge is 0.376 e. The van der Waals surface area contributed by atoms with Crippen molar-refractivity contribution in [3.63, 3.8) is 0 Å². The Morgan fingerprint density at radius 3 is 2.66 bits per heavy atom. The van der Waals surface area contributed by atoms with Crippen LogP contribution in [-0.2, 0) is 18.6 Å². The number of hydrogen-bond donors (Lipinski definition) is 1. The van der Waals surface area contributed by atoms with Crippen LogP contribution in [0.5, 0.6) is 0 Å². The van der Waals surface area contributed by atoms with Crippen molar-refractivity contribution < 1.29 is 18.3 Å². The van der Waals surface area contributed by atoms with E-state index >= 15 is 0 Å². The molecule has 0 spiro atoms. The van der Waals surface area contributed by atoms with Gasteiger partial charge >= 0.3 is 6.18 Å². The van der Waals surface area contributed by atoms with E-state index in [1.807, 2.05) is 11.0 Å². The van der Waals surface area contributed by atoms with E-state index < -0.39 is 11.8 Å². The van der Waals surface area contributed by atoms with E-state index in [9.17, 15) is 18.3 Å². The van der Waals surface area contributed by atoms with Gasteiger partial charge in [-0.3, -0.25) is 4.98 Å². The predicted molar refractivity (Wildman–Crippen MR) is 104 cm³/mol. The van der Waals surface area contributed by atoms with Crippen LogP contribution in [0.25, 0.3) is 10.9 Å². The number of alkyl halides is 3. The number of aryl methyl sites for hydroxylation is 1. The highest BCUT2D eigenvalue weighted by Gasteiger charge is 2.51. The number of aliphatic hydroxyl groups is 1. The highest BCUT2D eigenvalue weighted by molar-refractivity contribution is 6.31. The summed E-state index contributed by atoms with van der Waals surface area (Å²) >= 11 is 6.15. The minimum atomic E-state index is -4.80. The number of benzene rings is 1. The molecule has 152 valence electrons. The van der Waals surface area contributed by atoms with Crippen LogP contribution in [0.2, 0.25) is 5.02 Å². The lowest BCUT2D eigenvalue weighted by Crippen LogP contribution is -2.40. The summed E-state index contributed by atoms with van der Waals surface area (Å²) in [7, 11) is 0. The number of halogens is 4. The number of fused-ring (bicyclic) bond motifs is 2. The SMILES string of the molecule is Cc1nc(N2CCc3ncc(C(C)(O)C(F)(F)F)cc3C2)c2cc(Cl)ccc2n1. The van der Waals surface area contributed by atoms with E-state index in [0.717, 1.165) is 29.7 Å². The normalized spacial score (nSPS) is 16.6. The quantitative estimate of drug-likeness (QED) is 0.666. The fraction of sp³-hybridized carbons (Fsp3) is 0.350. The van der Waals surface area contributed by atoms with Crippen molar-refractivity contribution in [1.29, 1.82) is 0 Å². The van der Waals surface area contributed by atoms with Gasteiger partial charge in [0.2, 0.25) is 0 Å². The lowest BCUT2D eigenvalue weighted by molar-refractivity contribution is -0.259. The van der Waals surface area contributed by atoms with Crippen molar-refractivity contribution >= 4 is 28.3 Å². The zero-order chi connectivity index (χ0) is 21.0. The third kappa shape index (κ3) is 3.51. The van der Waals surface area contributed by atoms with Gasteiger partial charge < -0.3 is 10.0 Å². The maximum atomic E-state index is 13.2. The third-order valence-corrected chi connectivity index (χ3v) is 5.44. The molecule has 0 bridgehead atoms. The average Bonchev–Trinajstić information content (AvgIpc) is 2.66. The molecule has 1 aromatic carbocycles. The summed E-state index contributed by atoms with van der Waals surface area (Å²) in [6.45, 7) is 3.45. The molecule has 5 nitrogen and oxygen atoms in total. The highest BCUT2D eigenvalue weighted by atomic mass is 35.5.